The third-order valence-corrected chi connectivity index (χ3v) is 5.00. The largest absolute Gasteiger partial charge is 0.305 e. The zero-order valence-electron chi connectivity index (χ0n) is 17.7. The van der Waals surface area contributed by atoms with E-state index >= 15 is 0 Å². The van der Waals surface area contributed by atoms with E-state index in [9.17, 15) is 24.9 Å². The Hall–Kier alpha value is -5.54. The van der Waals surface area contributed by atoms with Crippen molar-refractivity contribution in [1.29, 1.82) is 10.5 Å². The van der Waals surface area contributed by atoms with Gasteiger partial charge >= 0.3 is 0 Å². The Morgan fingerprint density at radius 1 is 1.09 bits per heavy atom. The van der Waals surface area contributed by atoms with Gasteiger partial charge in [0.1, 0.15) is 22.9 Å². The quantitative estimate of drug-likeness (QED) is 0.335. The van der Waals surface area contributed by atoms with Crippen molar-refractivity contribution in [2.24, 2.45) is 0 Å². The summed E-state index contributed by atoms with van der Waals surface area (Å²) in [5.74, 6) is 0. The summed E-state index contributed by atoms with van der Waals surface area (Å²) in [6, 6.07) is 3.76. The molecule has 34 heavy (non-hydrogen) atoms. The lowest BCUT2D eigenvalue weighted by molar-refractivity contribution is 0.863. The molecule has 0 aliphatic heterocycles. The summed E-state index contributed by atoms with van der Waals surface area (Å²) < 4.78 is 2.06. The van der Waals surface area contributed by atoms with Crippen molar-refractivity contribution < 1.29 is 0 Å². The van der Waals surface area contributed by atoms with Crippen molar-refractivity contribution in [3.63, 3.8) is 0 Å². The standard InChI is InChI=1S/C22H13N9O3/c1-11-15(9-23)18-27-20(32)14(22(34)30(18)28-11)8-6-4-5-7-13-16(10-24)26-19-17(25-3)12(2)29-31(19)21(13)33/h4-8,29H,1-2H3,(H,27,32)/b6-4?,7-5?,14-8+. The van der Waals surface area contributed by atoms with Gasteiger partial charge < -0.3 is 10.1 Å². The van der Waals surface area contributed by atoms with Gasteiger partial charge in [-0.05, 0) is 26.0 Å². The third-order valence-electron chi connectivity index (χ3n) is 5.00. The van der Waals surface area contributed by atoms with Gasteiger partial charge in [-0.25, -0.2) is 14.3 Å². The molecule has 12 heteroatoms. The van der Waals surface area contributed by atoms with Crippen molar-refractivity contribution in [1.82, 2.24) is 29.2 Å². The number of nitrogens with one attached hydrogen (secondary N) is 2. The summed E-state index contributed by atoms with van der Waals surface area (Å²) in [6.45, 7) is 10.4. The zero-order valence-corrected chi connectivity index (χ0v) is 17.7. The molecule has 0 fully saturated rings. The van der Waals surface area contributed by atoms with Crippen LogP contribution in [-0.2, 0) is 0 Å². The van der Waals surface area contributed by atoms with Gasteiger partial charge in [-0.1, -0.05) is 18.2 Å². The Morgan fingerprint density at radius 2 is 1.85 bits per heavy atom. The first kappa shape index (κ1) is 21.7. The Balaban J connectivity index is 1.74. The predicted molar refractivity (Wildman–Crippen MR) is 121 cm³/mol. The molecule has 4 rings (SSSR count). The van der Waals surface area contributed by atoms with E-state index in [4.69, 9.17) is 6.57 Å². The molecule has 0 bridgehead atoms. The monoisotopic (exact) mass is 451 g/mol. The molecule has 4 aromatic rings. The molecule has 164 valence electrons. The maximum absolute atomic E-state index is 12.8. The highest BCUT2D eigenvalue weighted by Crippen LogP contribution is 2.22. The highest BCUT2D eigenvalue weighted by Gasteiger charge is 2.17. The van der Waals surface area contributed by atoms with Crippen LogP contribution in [-0.4, -0.2) is 29.2 Å². The van der Waals surface area contributed by atoms with Crippen LogP contribution in [0.1, 0.15) is 28.2 Å². The first-order valence-corrected chi connectivity index (χ1v) is 9.66. The fourth-order valence-electron chi connectivity index (χ4n) is 3.38. The molecule has 0 spiro atoms. The summed E-state index contributed by atoms with van der Waals surface area (Å²) in [4.78, 5) is 47.6. The lowest BCUT2D eigenvalue weighted by Gasteiger charge is -1.99. The van der Waals surface area contributed by atoms with Crippen molar-refractivity contribution >= 4 is 29.1 Å². The number of hydrogen-bond acceptors (Lipinski definition) is 7. The smallest absolute Gasteiger partial charge is 0.285 e. The molecule has 0 saturated carbocycles. The molecular weight excluding hydrogens is 438 g/mol. The number of allylic oxidation sites excluding steroid dienone is 3. The van der Waals surface area contributed by atoms with E-state index in [0.29, 0.717) is 11.4 Å². The molecule has 0 aliphatic rings. The van der Waals surface area contributed by atoms with Gasteiger partial charge in [-0.3, -0.25) is 14.4 Å². The highest BCUT2D eigenvalue weighted by molar-refractivity contribution is 5.73. The molecule has 4 heterocycles. The van der Waals surface area contributed by atoms with Crippen molar-refractivity contribution in [2.45, 2.75) is 13.8 Å². The van der Waals surface area contributed by atoms with Crippen LogP contribution in [0.25, 0.3) is 28.3 Å². The summed E-state index contributed by atoms with van der Waals surface area (Å²) in [7, 11) is 0. The van der Waals surface area contributed by atoms with Crippen molar-refractivity contribution in [2.75, 3.05) is 0 Å². The normalized spacial score (nSPS) is 12.0. The number of aromatic amines is 2. The fraction of sp³-hybridized carbons (Fsp3) is 0.0909. The molecular formula is C22H13N9O3. The number of aromatic nitrogens is 6. The van der Waals surface area contributed by atoms with E-state index < -0.39 is 16.7 Å². The maximum atomic E-state index is 12.8. The minimum absolute atomic E-state index is 0.00209. The molecule has 2 N–H and O–H groups in total. The number of hydrogen-bond donors (Lipinski definition) is 2. The molecule has 0 aromatic carbocycles. The van der Waals surface area contributed by atoms with Crippen LogP contribution in [0.5, 0.6) is 0 Å². The maximum Gasteiger partial charge on any atom is 0.285 e. The number of nitrogens with zero attached hydrogens (tertiary/aromatic N) is 7. The number of fused-ring (bicyclic) bond motifs is 2. The molecule has 0 radical (unpaired) electrons. The minimum Gasteiger partial charge on any atom is -0.305 e. The van der Waals surface area contributed by atoms with E-state index in [1.807, 2.05) is 12.1 Å². The molecule has 0 aliphatic carbocycles. The van der Waals surface area contributed by atoms with Crippen LogP contribution in [0.15, 0.2) is 32.6 Å². The second-order valence-corrected chi connectivity index (χ2v) is 7.06. The van der Waals surface area contributed by atoms with Crippen LogP contribution in [0.2, 0.25) is 0 Å². The molecule has 0 saturated heterocycles. The van der Waals surface area contributed by atoms with Gasteiger partial charge in [-0.2, -0.15) is 20.1 Å². The summed E-state index contributed by atoms with van der Waals surface area (Å²) >= 11 is 0. The number of H-pyrrole nitrogens is 2. The Labute approximate surface area is 189 Å². The second kappa shape index (κ2) is 8.19. The van der Waals surface area contributed by atoms with Gasteiger partial charge in [0.05, 0.1) is 17.8 Å². The van der Waals surface area contributed by atoms with Gasteiger partial charge in [0, 0.05) is 5.69 Å². The molecule has 0 amide bonds. The van der Waals surface area contributed by atoms with E-state index in [2.05, 4.69) is 25.0 Å². The zero-order chi connectivity index (χ0) is 24.6. The van der Waals surface area contributed by atoms with Crippen LogP contribution in [0.3, 0.4) is 0 Å². The molecule has 0 atom stereocenters. The SMILES string of the molecule is [C-]#[N+]c1c(C)[nH]n2c(=O)c(C=CC=C/C=c3\c(=O)[nH]c4c(C#N)c(C)nn4c3=O)c(C#N)nc12. The molecule has 4 aromatic heterocycles. The average molecular weight is 451 g/mol. The van der Waals surface area contributed by atoms with Gasteiger partial charge in [0.2, 0.25) is 0 Å². The van der Waals surface area contributed by atoms with Gasteiger partial charge in [0.25, 0.3) is 22.4 Å². The van der Waals surface area contributed by atoms with E-state index in [0.717, 1.165) is 9.03 Å². The molecule has 12 nitrogen and oxygen atoms in total. The Morgan fingerprint density at radius 3 is 2.53 bits per heavy atom. The second-order valence-electron chi connectivity index (χ2n) is 7.06. The first-order valence-electron chi connectivity index (χ1n) is 9.66. The van der Waals surface area contributed by atoms with Crippen molar-refractivity contribution in [3.8, 4) is 12.1 Å². The first-order chi connectivity index (χ1) is 16.3. The molecule has 0 unspecified atom stereocenters. The number of rotatable bonds is 3. The predicted octanol–water partition coefficient (Wildman–Crippen LogP) is 0.399. The summed E-state index contributed by atoms with van der Waals surface area (Å²) in [5, 5.41) is 25.1. The lowest BCUT2D eigenvalue weighted by atomic mass is 10.2. The van der Waals surface area contributed by atoms with Crippen LogP contribution >= 0.6 is 0 Å². The Kier molecular flexibility index (Phi) is 5.22. The topological polar surface area (TPSA) is 169 Å². The van der Waals surface area contributed by atoms with Crippen molar-refractivity contribution in [3.05, 3.63) is 94.1 Å². The van der Waals surface area contributed by atoms with Crippen LogP contribution < -0.4 is 21.9 Å². The fourth-order valence-corrected chi connectivity index (χ4v) is 3.38. The Bertz CT molecular complexity index is 1930. The number of aryl methyl sites for hydroxylation is 2. The van der Waals surface area contributed by atoms with Crippen LogP contribution in [0.4, 0.5) is 5.69 Å². The van der Waals surface area contributed by atoms with Gasteiger partial charge in [0.15, 0.2) is 17.0 Å². The van der Waals surface area contributed by atoms with Gasteiger partial charge in [-0.15, -0.1) is 0 Å². The number of nitriles is 2. The van der Waals surface area contributed by atoms with E-state index in [1.165, 1.54) is 30.4 Å². The van der Waals surface area contributed by atoms with Crippen LogP contribution in [0, 0.1) is 43.1 Å². The third kappa shape index (κ3) is 3.27. The minimum atomic E-state index is -0.686. The highest BCUT2D eigenvalue weighted by atomic mass is 16.2. The summed E-state index contributed by atoms with van der Waals surface area (Å²) in [6.07, 6.45) is 6.93. The van der Waals surface area contributed by atoms with E-state index in [-0.39, 0.29) is 39.0 Å². The lowest BCUT2D eigenvalue weighted by Crippen LogP contribution is -2.44. The summed E-state index contributed by atoms with van der Waals surface area (Å²) in [5.41, 5.74) is -0.927. The average Bonchev–Trinajstić information content (AvgIpc) is 3.31. The van der Waals surface area contributed by atoms with E-state index in [1.54, 1.807) is 13.8 Å².